The molecular formula is C17H23NO3. The molecule has 0 saturated carbocycles. The van der Waals surface area contributed by atoms with Crippen LogP contribution in [0.4, 0.5) is 0 Å². The van der Waals surface area contributed by atoms with Crippen LogP contribution in [0.25, 0.3) is 0 Å². The molecule has 21 heavy (non-hydrogen) atoms. The smallest absolute Gasteiger partial charge is 0.326 e. The van der Waals surface area contributed by atoms with Crippen molar-refractivity contribution in [2.75, 3.05) is 0 Å². The Balaban J connectivity index is 2.02. The van der Waals surface area contributed by atoms with Gasteiger partial charge in [-0.1, -0.05) is 38.1 Å². The van der Waals surface area contributed by atoms with Gasteiger partial charge < -0.3 is 10.4 Å². The zero-order chi connectivity index (χ0) is 15.4. The van der Waals surface area contributed by atoms with E-state index >= 15 is 0 Å². The summed E-state index contributed by atoms with van der Waals surface area (Å²) in [5.74, 6) is -1.05. The van der Waals surface area contributed by atoms with Gasteiger partial charge >= 0.3 is 5.97 Å². The van der Waals surface area contributed by atoms with Crippen LogP contribution in [-0.2, 0) is 16.0 Å². The number of hydrogen-bond acceptors (Lipinski definition) is 2. The molecule has 0 spiro atoms. The molecule has 1 amide bonds. The zero-order valence-electron chi connectivity index (χ0n) is 12.6. The van der Waals surface area contributed by atoms with Crippen LogP contribution in [0.15, 0.2) is 24.3 Å². The van der Waals surface area contributed by atoms with Crippen molar-refractivity contribution in [3.8, 4) is 0 Å². The van der Waals surface area contributed by atoms with Crippen LogP contribution >= 0.6 is 0 Å². The molecule has 0 saturated heterocycles. The van der Waals surface area contributed by atoms with Crippen molar-refractivity contribution in [3.05, 3.63) is 35.4 Å². The van der Waals surface area contributed by atoms with Crippen molar-refractivity contribution >= 4 is 11.9 Å². The highest BCUT2D eigenvalue weighted by atomic mass is 16.4. The predicted octanol–water partition coefficient (Wildman–Crippen LogP) is 2.72. The summed E-state index contributed by atoms with van der Waals surface area (Å²) in [4.78, 5) is 23.3. The molecule has 1 aromatic rings. The summed E-state index contributed by atoms with van der Waals surface area (Å²) in [6.45, 7) is 3.60. The lowest BCUT2D eigenvalue weighted by Gasteiger charge is -2.26. The normalized spacial score (nSPS) is 18.9. The SMILES string of the molecule is CC(C)C(NC(=O)CC1CCCc2ccccc21)C(=O)O. The Morgan fingerprint density at radius 3 is 2.71 bits per heavy atom. The molecule has 2 unspecified atom stereocenters. The van der Waals surface area contributed by atoms with Gasteiger partial charge in [0.05, 0.1) is 0 Å². The first-order valence-corrected chi connectivity index (χ1v) is 7.59. The van der Waals surface area contributed by atoms with E-state index in [0.717, 1.165) is 19.3 Å². The quantitative estimate of drug-likeness (QED) is 0.876. The number of rotatable bonds is 5. The molecule has 0 fully saturated rings. The number of nitrogens with one attached hydrogen (secondary N) is 1. The third-order valence-electron chi connectivity index (χ3n) is 4.17. The second-order valence-corrected chi connectivity index (χ2v) is 6.12. The van der Waals surface area contributed by atoms with E-state index in [2.05, 4.69) is 17.4 Å². The highest BCUT2D eigenvalue weighted by Gasteiger charge is 2.26. The number of hydrogen-bond donors (Lipinski definition) is 2. The van der Waals surface area contributed by atoms with Crippen molar-refractivity contribution < 1.29 is 14.7 Å². The second kappa shape index (κ2) is 6.74. The van der Waals surface area contributed by atoms with E-state index in [9.17, 15) is 9.59 Å². The maximum atomic E-state index is 12.2. The highest BCUT2D eigenvalue weighted by molar-refractivity contribution is 5.84. The molecule has 0 bridgehead atoms. The lowest BCUT2D eigenvalue weighted by molar-refractivity contribution is -0.143. The first-order chi connectivity index (χ1) is 9.99. The largest absolute Gasteiger partial charge is 0.480 e. The van der Waals surface area contributed by atoms with Crippen LogP contribution in [-0.4, -0.2) is 23.0 Å². The van der Waals surface area contributed by atoms with Gasteiger partial charge in [-0.25, -0.2) is 4.79 Å². The molecule has 0 aliphatic heterocycles. The third-order valence-corrected chi connectivity index (χ3v) is 4.17. The molecule has 114 valence electrons. The minimum atomic E-state index is -0.970. The summed E-state index contributed by atoms with van der Waals surface area (Å²) in [7, 11) is 0. The number of benzene rings is 1. The van der Waals surface area contributed by atoms with Crippen molar-refractivity contribution in [3.63, 3.8) is 0 Å². The predicted molar refractivity (Wildman–Crippen MR) is 81.1 cm³/mol. The van der Waals surface area contributed by atoms with E-state index in [0.29, 0.717) is 6.42 Å². The molecule has 1 aliphatic carbocycles. The average Bonchev–Trinajstić information content (AvgIpc) is 2.44. The Morgan fingerprint density at radius 1 is 1.33 bits per heavy atom. The average molecular weight is 289 g/mol. The Labute approximate surface area is 125 Å². The number of aryl methyl sites for hydroxylation is 1. The number of amides is 1. The molecule has 4 nitrogen and oxygen atoms in total. The van der Waals surface area contributed by atoms with Gasteiger partial charge in [0.1, 0.15) is 6.04 Å². The van der Waals surface area contributed by atoms with E-state index < -0.39 is 12.0 Å². The van der Waals surface area contributed by atoms with Gasteiger partial charge in [0.2, 0.25) is 5.91 Å². The van der Waals surface area contributed by atoms with E-state index in [1.54, 1.807) is 13.8 Å². The topological polar surface area (TPSA) is 66.4 Å². The minimum Gasteiger partial charge on any atom is -0.480 e. The number of carbonyl (C=O) groups is 2. The summed E-state index contributed by atoms with van der Waals surface area (Å²) in [5, 5.41) is 11.8. The Bertz CT molecular complexity index is 525. The summed E-state index contributed by atoms with van der Waals surface area (Å²) >= 11 is 0. The molecule has 0 radical (unpaired) electrons. The summed E-state index contributed by atoms with van der Waals surface area (Å²) < 4.78 is 0. The van der Waals surface area contributed by atoms with Crippen LogP contribution in [0.1, 0.15) is 50.2 Å². The van der Waals surface area contributed by atoms with Crippen molar-refractivity contribution in [2.45, 2.75) is 51.5 Å². The molecular weight excluding hydrogens is 266 g/mol. The lowest BCUT2D eigenvalue weighted by Crippen LogP contribution is -2.44. The number of carboxylic acids is 1. The lowest BCUT2D eigenvalue weighted by atomic mass is 9.81. The third kappa shape index (κ3) is 3.84. The fourth-order valence-corrected chi connectivity index (χ4v) is 3.04. The number of carboxylic acid groups (broad SMARTS) is 1. The monoisotopic (exact) mass is 289 g/mol. The van der Waals surface area contributed by atoms with Crippen molar-refractivity contribution in [2.24, 2.45) is 5.92 Å². The van der Waals surface area contributed by atoms with Gasteiger partial charge in [0.15, 0.2) is 0 Å². The molecule has 0 aromatic heterocycles. The maximum absolute atomic E-state index is 12.2. The molecule has 1 aromatic carbocycles. The van der Waals surface area contributed by atoms with Gasteiger partial charge in [-0.15, -0.1) is 0 Å². The maximum Gasteiger partial charge on any atom is 0.326 e. The first-order valence-electron chi connectivity index (χ1n) is 7.59. The van der Waals surface area contributed by atoms with E-state index in [-0.39, 0.29) is 17.7 Å². The fourth-order valence-electron chi connectivity index (χ4n) is 3.04. The first kappa shape index (κ1) is 15.5. The Kier molecular flexibility index (Phi) is 4.99. The van der Waals surface area contributed by atoms with Crippen molar-refractivity contribution in [1.29, 1.82) is 0 Å². The Hall–Kier alpha value is -1.84. The molecule has 0 heterocycles. The van der Waals surface area contributed by atoms with Crippen LogP contribution in [0.2, 0.25) is 0 Å². The van der Waals surface area contributed by atoms with Gasteiger partial charge in [-0.3, -0.25) is 4.79 Å². The highest BCUT2D eigenvalue weighted by Crippen LogP contribution is 2.33. The number of aliphatic carboxylic acids is 1. The van der Waals surface area contributed by atoms with E-state index in [4.69, 9.17) is 5.11 Å². The van der Waals surface area contributed by atoms with Gasteiger partial charge in [0, 0.05) is 6.42 Å². The van der Waals surface area contributed by atoms with Crippen LogP contribution < -0.4 is 5.32 Å². The summed E-state index contributed by atoms with van der Waals surface area (Å²) in [5.41, 5.74) is 2.57. The van der Waals surface area contributed by atoms with Gasteiger partial charge in [0.25, 0.3) is 0 Å². The number of carbonyl (C=O) groups excluding carboxylic acids is 1. The Morgan fingerprint density at radius 2 is 2.05 bits per heavy atom. The van der Waals surface area contributed by atoms with Crippen LogP contribution in [0, 0.1) is 5.92 Å². The van der Waals surface area contributed by atoms with Gasteiger partial charge in [-0.2, -0.15) is 0 Å². The van der Waals surface area contributed by atoms with E-state index in [1.807, 2.05) is 12.1 Å². The van der Waals surface area contributed by atoms with Crippen LogP contribution in [0.5, 0.6) is 0 Å². The minimum absolute atomic E-state index is 0.120. The summed E-state index contributed by atoms with van der Waals surface area (Å²) in [6, 6.07) is 7.43. The molecule has 2 N–H and O–H groups in total. The van der Waals surface area contributed by atoms with Crippen LogP contribution in [0.3, 0.4) is 0 Å². The van der Waals surface area contributed by atoms with E-state index in [1.165, 1.54) is 11.1 Å². The van der Waals surface area contributed by atoms with Crippen molar-refractivity contribution in [1.82, 2.24) is 5.32 Å². The van der Waals surface area contributed by atoms with Gasteiger partial charge in [-0.05, 0) is 42.2 Å². The molecule has 4 heteroatoms. The fraction of sp³-hybridized carbons (Fsp3) is 0.529. The summed E-state index contributed by atoms with van der Waals surface area (Å²) in [6.07, 6.45) is 3.51. The number of fused-ring (bicyclic) bond motifs is 1. The molecule has 2 rings (SSSR count). The molecule has 2 atom stereocenters. The molecule has 1 aliphatic rings. The standard InChI is InChI=1S/C17H23NO3/c1-11(2)16(17(20)21)18-15(19)10-13-8-5-7-12-6-3-4-9-14(12)13/h3-4,6,9,11,13,16H,5,7-8,10H2,1-2H3,(H,18,19)(H,20,21). The second-order valence-electron chi connectivity index (χ2n) is 6.12. The zero-order valence-corrected chi connectivity index (χ0v) is 12.6.